The summed E-state index contributed by atoms with van der Waals surface area (Å²) in [7, 11) is 0. The number of thioether (sulfide) groups is 1. The van der Waals surface area contributed by atoms with Crippen molar-refractivity contribution in [1.29, 1.82) is 5.26 Å². The number of nitriles is 1. The van der Waals surface area contributed by atoms with Crippen LogP contribution < -0.4 is 0 Å². The van der Waals surface area contributed by atoms with E-state index in [0.717, 1.165) is 0 Å². The van der Waals surface area contributed by atoms with Gasteiger partial charge in [0, 0.05) is 6.42 Å². The zero-order valence-corrected chi connectivity index (χ0v) is 5.98. The van der Waals surface area contributed by atoms with Gasteiger partial charge in [-0.3, -0.25) is 0 Å². The molecule has 0 aromatic rings. The SMILES string of the molecule is CSCCC(O)(O)C#N. The van der Waals surface area contributed by atoms with Crippen LogP contribution in [0.25, 0.3) is 0 Å². The summed E-state index contributed by atoms with van der Waals surface area (Å²) in [6.07, 6.45) is 1.94. The molecule has 4 heteroatoms. The van der Waals surface area contributed by atoms with Gasteiger partial charge in [-0.15, -0.1) is 0 Å². The van der Waals surface area contributed by atoms with Gasteiger partial charge in [-0.25, -0.2) is 0 Å². The van der Waals surface area contributed by atoms with Crippen molar-refractivity contribution in [3.05, 3.63) is 0 Å². The van der Waals surface area contributed by atoms with Gasteiger partial charge in [-0.2, -0.15) is 17.0 Å². The third-order valence-corrected chi connectivity index (χ3v) is 1.45. The van der Waals surface area contributed by atoms with E-state index in [1.165, 1.54) is 17.8 Å². The van der Waals surface area contributed by atoms with Gasteiger partial charge >= 0.3 is 0 Å². The Balaban J connectivity index is 3.49. The number of nitrogens with zero attached hydrogens (tertiary/aromatic N) is 1. The topological polar surface area (TPSA) is 64.2 Å². The molecule has 0 aromatic carbocycles. The molecule has 0 aliphatic heterocycles. The molecule has 0 rings (SSSR count). The van der Waals surface area contributed by atoms with Crippen LogP contribution in [0, 0.1) is 11.3 Å². The Morgan fingerprint density at radius 1 is 1.67 bits per heavy atom. The molecule has 0 unspecified atom stereocenters. The Labute approximate surface area is 58.3 Å². The lowest BCUT2D eigenvalue weighted by Gasteiger charge is -2.09. The number of rotatable bonds is 3. The Hall–Kier alpha value is -0.240. The van der Waals surface area contributed by atoms with E-state index in [9.17, 15) is 0 Å². The van der Waals surface area contributed by atoms with Crippen molar-refractivity contribution in [3.8, 4) is 6.07 Å². The fraction of sp³-hybridized carbons (Fsp3) is 0.800. The van der Waals surface area contributed by atoms with Crippen molar-refractivity contribution in [1.82, 2.24) is 0 Å². The summed E-state index contributed by atoms with van der Waals surface area (Å²) in [6, 6.07) is 1.37. The van der Waals surface area contributed by atoms with E-state index in [1.807, 2.05) is 6.26 Å². The van der Waals surface area contributed by atoms with Gasteiger partial charge in [0.2, 0.25) is 0 Å². The van der Waals surface area contributed by atoms with Crippen LogP contribution in [0.2, 0.25) is 0 Å². The average molecular weight is 147 g/mol. The van der Waals surface area contributed by atoms with Gasteiger partial charge in [0.25, 0.3) is 5.79 Å². The third kappa shape index (κ3) is 4.28. The van der Waals surface area contributed by atoms with E-state index < -0.39 is 5.79 Å². The second-order valence-electron chi connectivity index (χ2n) is 1.67. The third-order valence-electron chi connectivity index (χ3n) is 0.834. The minimum Gasteiger partial charge on any atom is -0.354 e. The minimum atomic E-state index is -2.12. The van der Waals surface area contributed by atoms with E-state index in [1.54, 1.807) is 0 Å². The number of hydrogen-bond donors (Lipinski definition) is 2. The van der Waals surface area contributed by atoms with Crippen molar-refractivity contribution >= 4 is 11.8 Å². The molecule has 0 aliphatic carbocycles. The molecule has 0 atom stereocenters. The van der Waals surface area contributed by atoms with Crippen molar-refractivity contribution < 1.29 is 10.2 Å². The quantitative estimate of drug-likeness (QED) is 0.433. The molecule has 0 saturated carbocycles. The molecule has 0 amide bonds. The van der Waals surface area contributed by atoms with Crippen LogP contribution in [0.3, 0.4) is 0 Å². The maximum Gasteiger partial charge on any atom is 0.255 e. The molecule has 52 valence electrons. The first-order valence-corrected chi connectivity index (χ1v) is 3.87. The molecule has 0 saturated heterocycles. The highest BCUT2D eigenvalue weighted by atomic mass is 32.2. The summed E-state index contributed by atoms with van der Waals surface area (Å²) in [5.74, 6) is -1.54. The van der Waals surface area contributed by atoms with Crippen LogP contribution in [0.15, 0.2) is 0 Å². The normalized spacial score (nSPS) is 10.9. The molecule has 2 N–H and O–H groups in total. The highest BCUT2D eigenvalue weighted by Gasteiger charge is 2.20. The van der Waals surface area contributed by atoms with Crippen LogP contribution in [0.4, 0.5) is 0 Å². The molecular weight excluding hydrogens is 138 g/mol. The van der Waals surface area contributed by atoms with E-state index >= 15 is 0 Å². The lowest BCUT2D eigenvalue weighted by atomic mass is 10.2. The lowest BCUT2D eigenvalue weighted by molar-refractivity contribution is -0.111. The lowest BCUT2D eigenvalue weighted by Crippen LogP contribution is -2.25. The van der Waals surface area contributed by atoms with E-state index in [2.05, 4.69) is 0 Å². The van der Waals surface area contributed by atoms with Crippen LogP contribution in [-0.2, 0) is 0 Å². The first-order chi connectivity index (χ1) is 4.12. The van der Waals surface area contributed by atoms with Gasteiger partial charge in [0.05, 0.1) is 0 Å². The Kier molecular flexibility index (Phi) is 3.62. The molecule has 0 spiro atoms. The first-order valence-electron chi connectivity index (χ1n) is 2.47. The van der Waals surface area contributed by atoms with Crippen LogP contribution in [0.1, 0.15) is 6.42 Å². The smallest absolute Gasteiger partial charge is 0.255 e. The van der Waals surface area contributed by atoms with Crippen LogP contribution >= 0.6 is 11.8 Å². The molecule has 0 heterocycles. The second kappa shape index (κ2) is 3.72. The summed E-state index contributed by atoms with van der Waals surface area (Å²) in [4.78, 5) is 0. The molecule has 0 aromatic heterocycles. The van der Waals surface area contributed by atoms with Gasteiger partial charge in [-0.05, 0) is 12.0 Å². The largest absolute Gasteiger partial charge is 0.354 e. The fourth-order valence-electron chi connectivity index (χ4n) is 0.300. The zero-order valence-electron chi connectivity index (χ0n) is 5.16. The van der Waals surface area contributed by atoms with E-state index in [-0.39, 0.29) is 6.42 Å². The molecule has 9 heavy (non-hydrogen) atoms. The molecular formula is C5H9NO2S. The highest BCUT2D eigenvalue weighted by Crippen LogP contribution is 2.07. The molecule has 0 bridgehead atoms. The Morgan fingerprint density at radius 3 is 2.56 bits per heavy atom. The van der Waals surface area contributed by atoms with E-state index in [4.69, 9.17) is 15.5 Å². The summed E-state index contributed by atoms with van der Waals surface area (Å²) in [5, 5.41) is 25.3. The summed E-state index contributed by atoms with van der Waals surface area (Å²) in [5.41, 5.74) is 0. The van der Waals surface area contributed by atoms with E-state index in [0.29, 0.717) is 5.75 Å². The van der Waals surface area contributed by atoms with Crippen molar-refractivity contribution in [2.24, 2.45) is 0 Å². The number of aliphatic hydroxyl groups is 2. The molecule has 0 radical (unpaired) electrons. The average Bonchev–Trinajstić information content (AvgIpc) is 1.84. The summed E-state index contributed by atoms with van der Waals surface area (Å²) in [6.45, 7) is 0. The maximum absolute atomic E-state index is 8.64. The minimum absolute atomic E-state index is 0.102. The fourth-order valence-corrected chi connectivity index (χ4v) is 0.789. The van der Waals surface area contributed by atoms with Gasteiger partial charge < -0.3 is 10.2 Å². The molecule has 3 nitrogen and oxygen atoms in total. The second-order valence-corrected chi connectivity index (χ2v) is 2.66. The predicted molar refractivity (Wildman–Crippen MR) is 35.8 cm³/mol. The van der Waals surface area contributed by atoms with Crippen molar-refractivity contribution in [2.45, 2.75) is 12.2 Å². The van der Waals surface area contributed by atoms with Crippen LogP contribution in [-0.4, -0.2) is 28.0 Å². The summed E-state index contributed by atoms with van der Waals surface area (Å²) >= 11 is 1.47. The molecule has 0 fully saturated rings. The van der Waals surface area contributed by atoms with Gasteiger partial charge in [-0.1, -0.05) is 0 Å². The first kappa shape index (κ1) is 8.76. The monoisotopic (exact) mass is 147 g/mol. The number of hydrogen-bond acceptors (Lipinski definition) is 4. The summed E-state index contributed by atoms with van der Waals surface area (Å²) < 4.78 is 0. The Morgan fingerprint density at radius 2 is 2.22 bits per heavy atom. The predicted octanol–water partition coefficient (Wildman–Crippen LogP) is -0.0560. The van der Waals surface area contributed by atoms with Crippen molar-refractivity contribution in [3.63, 3.8) is 0 Å². The zero-order chi connectivity index (χ0) is 7.33. The molecule has 0 aliphatic rings. The van der Waals surface area contributed by atoms with Crippen molar-refractivity contribution in [2.75, 3.05) is 12.0 Å². The van der Waals surface area contributed by atoms with Gasteiger partial charge in [0.15, 0.2) is 0 Å². The maximum atomic E-state index is 8.64. The highest BCUT2D eigenvalue weighted by molar-refractivity contribution is 7.98. The Bertz CT molecular complexity index is 119. The van der Waals surface area contributed by atoms with Gasteiger partial charge in [0.1, 0.15) is 6.07 Å². The standard InChI is InChI=1S/C5H9NO2S/c1-9-3-2-5(7,8)4-6/h7-8H,2-3H2,1H3. The van der Waals surface area contributed by atoms with Crippen LogP contribution in [0.5, 0.6) is 0 Å².